The number of nitrogens with zero attached hydrogens (tertiary/aromatic N) is 2. The maximum Gasteiger partial charge on any atom is 0.191 e. The average Bonchev–Trinajstić information content (AvgIpc) is 2.96. The molecule has 2 N–H and O–H groups in total. The molecule has 0 aliphatic carbocycles. The van der Waals surface area contributed by atoms with Gasteiger partial charge in [0.15, 0.2) is 5.96 Å². The third kappa shape index (κ3) is 5.34. The second-order valence-corrected chi connectivity index (χ2v) is 7.77. The highest BCUT2D eigenvalue weighted by atomic mass is 32.1. The Bertz CT molecular complexity index is 671. The molecule has 0 atom stereocenters. The van der Waals surface area contributed by atoms with Gasteiger partial charge in [0.05, 0.1) is 10.7 Å². The molecule has 0 aliphatic heterocycles. The SMILES string of the molecule is CN=C(NCCc1csc(C)n1)NCC(C)(C)c1ccc(C)cc1. The van der Waals surface area contributed by atoms with Gasteiger partial charge in [-0.3, -0.25) is 4.99 Å². The molecule has 2 aromatic rings. The van der Waals surface area contributed by atoms with Crippen LogP contribution in [0.25, 0.3) is 0 Å². The van der Waals surface area contributed by atoms with Gasteiger partial charge < -0.3 is 10.6 Å². The third-order valence-corrected chi connectivity index (χ3v) is 4.92. The number of hydrogen-bond donors (Lipinski definition) is 2. The maximum absolute atomic E-state index is 4.48. The number of aryl methyl sites for hydroxylation is 2. The molecule has 24 heavy (non-hydrogen) atoms. The Hall–Kier alpha value is -1.88. The summed E-state index contributed by atoms with van der Waals surface area (Å²) < 4.78 is 0. The first-order valence-corrected chi connectivity index (χ1v) is 9.21. The first kappa shape index (κ1) is 18.5. The number of rotatable bonds is 6. The van der Waals surface area contributed by atoms with Crippen LogP contribution in [0.4, 0.5) is 0 Å². The molecular formula is C19H28N4S. The highest BCUT2D eigenvalue weighted by Gasteiger charge is 2.20. The van der Waals surface area contributed by atoms with E-state index in [0.29, 0.717) is 0 Å². The van der Waals surface area contributed by atoms with Crippen molar-refractivity contribution in [2.24, 2.45) is 4.99 Å². The van der Waals surface area contributed by atoms with E-state index in [1.54, 1.807) is 18.4 Å². The van der Waals surface area contributed by atoms with Gasteiger partial charge in [0.2, 0.25) is 0 Å². The molecule has 0 unspecified atom stereocenters. The van der Waals surface area contributed by atoms with E-state index >= 15 is 0 Å². The summed E-state index contributed by atoms with van der Waals surface area (Å²) in [6.45, 7) is 10.3. The van der Waals surface area contributed by atoms with E-state index < -0.39 is 0 Å². The monoisotopic (exact) mass is 344 g/mol. The number of aliphatic imine (C=N–C) groups is 1. The largest absolute Gasteiger partial charge is 0.356 e. The minimum absolute atomic E-state index is 0.0390. The zero-order chi connectivity index (χ0) is 17.6. The van der Waals surface area contributed by atoms with Gasteiger partial charge in [-0.15, -0.1) is 11.3 Å². The van der Waals surface area contributed by atoms with Crippen LogP contribution in [-0.4, -0.2) is 31.1 Å². The molecule has 4 nitrogen and oxygen atoms in total. The van der Waals surface area contributed by atoms with Crippen LogP contribution in [0, 0.1) is 13.8 Å². The molecule has 130 valence electrons. The maximum atomic E-state index is 4.48. The van der Waals surface area contributed by atoms with Crippen LogP contribution in [0.5, 0.6) is 0 Å². The van der Waals surface area contributed by atoms with Gasteiger partial charge in [-0.25, -0.2) is 4.98 Å². The summed E-state index contributed by atoms with van der Waals surface area (Å²) in [5, 5.41) is 10.0. The Morgan fingerprint density at radius 3 is 2.46 bits per heavy atom. The number of benzene rings is 1. The lowest BCUT2D eigenvalue weighted by Crippen LogP contribution is -2.44. The van der Waals surface area contributed by atoms with E-state index in [4.69, 9.17) is 0 Å². The van der Waals surface area contributed by atoms with Crippen molar-refractivity contribution in [1.82, 2.24) is 15.6 Å². The van der Waals surface area contributed by atoms with Gasteiger partial charge in [-0.1, -0.05) is 43.7 Å². The second-order valence-electron chi connectivity index (χ2n) is 6.71. The lowest BCUT2D eigenvalue weighted by atomic mass is 9.84. The Morgan fingerprint density at radius 1 is 1.17 bits per heavy atom. The summed E-state index contributed by atoms with van der Waals surface area (Å²) >= 11 is 1.70. The first-order chi connectivity index (χ1) is 11.4. The van der Waals surface area contributed by atoms with Crippen molar-refractivity contribution in [3.63, 3.8) is 0 Å². The summed E-state index contributed by atoms with van der Waals surface area (Å²) in [6, 6.07) is 8.75. The van der Waals surface area contributed by atoms with E-state index in [1.807, 2.05) is 6.92 Å². The van der Waals surface area contributed by atoms with Gasteiger partial charge in [-0.2, -0.15) is 0 Å². The highest BCUT2D eigenvalue weighted by Crippen LogP contribution is 2.22. The minimum Gasteiger partial charge on any atom is -0.356 e. The van der Waals surface area contributed by atoms with Crippen molar-refractivity contribution < 1.29 is 0 Å². The molecule has 0 spiro atoms. The lowest BCUT2D eigenvalue weighted by Gasteiger charge is -2.27. The Labute approximate surface area is 149 Å². The van der Waals surface area contributed by atoms with Crippen molar-refractivity contribution in [3.8, 4) is 0 Å². The van der Waals surface area contributed by atoms with Gasteiger partial charge in [0, 0.05) is 37.4 Å². The van der Waals surface area contributed by atoms with Crippen LogP contribution < -0.4 is 10.6 Å². The molecule has 1 heterocycles. The molecular weight excluding hydrogens is 316 g/mol. The molecule has 2 rings (SSSR count). The molecule has 1 aromatic carbocycles. The van der Waals surface area contributed by atoms with Crippen molar-refractivity contribution in [3.05, 3.63) is 51.5 Å². The van der Waals surface area contributed by atoms with E-state index in [2.05, 4.69) is 71.0 Å². The Morgan fingerprint density at radius 2 is 1.88 bits per heavy atom. The topological polar surface area (TPSA) is 49.3 Å². The molecule has 0 fully saturated rings. The van der Waals surface area contributed by atoms with Crippen LogP contribution in [0.3, 0.4) is 0 Å². The number of thiazole rings is 1. The van der Waals surface area contributed by atoms with Crippen molar-refractivity contribution in [2.75, 3.05) is 20.1 Å². The summed E-state index contributed by atoms with van der Waals surface area (Å²) in [5.74, 6) is 0.835. The highest BCUT2D eigenvalue weighted by molar-refractivity contribution is 7.09. The van der Waals surface area contributed by atoms with Gasteiger partial charge in [-0.05, 0) is 19.4 Å². The summed E-state index contributed by atoms with van der Waals surface area (Å²) in [7, 11) is 1.81. The molecule has 0 saturated carbocycles. The number of hydrogen-bond acceptors (Lipinski definition) is 3. The molecule has 0 bridgehead atoms. The quantitative estimate of drug-likeness (QED) is 0.623. The third-order valence-electron chi connectivity index (χ3n) is 4.09. The van der Waals surface area contributed by atoms with Crippen LogP contribution in [0.15, 0.2) is 34.6 Å². The molecule has 0 radical (unpaired) electrons. The fourth-order valence-electron chi connectivity index (χ4n) is 2.46. The minimum atomic E-state index is 0.0390. The summed E-state index contributed by atoms with van der Waals surface area (Å²) in [6.07, 6.45) is 0.909. The Balaban J connectivity index is 1.82. The van der Waals surface area contributed by atoms with Crippen molar-refractivity contribution in [1.29, 1.82) is 0 Å². The van der Waals surface area contributed by atoms with Crippen molar-refractivity contribution >= 4 is 17.3 Å². The predicted molar refractivity (Wildman–Crippen MR) is 104 cm³/mol. The number of aromatic nitrogens is 1. The van der Waals surface area contributed by atoms with Gasteiger partial charge >= 0.3 is 0 Å². The summed E-state index contributed by atoms with van der Waals surface area (Å²) in [4.78, 5) is 8.80. The van der Waals surface area contributed by atoms with Gasteiger partial charge in [0.1, 0.15) is 0 Å². The molecule has 0 aliphatic rings. The first-order valence-electron chi connectivity index (χ1n) is 8.33. The van der Waals surface area contributed by atoms with E-state index in [-0.39, 0.29) is 5.41 Å². The van der Waals surface area contributed by atoms with Gasteiger partial charge in [0.25, 0.3) is 0 Å². The standard InChI is InChI=1S/C19H28N4S/c1-14-6-8-16(9-7-14)19(3,4)13-22-18(20-5)21-11-10-17-12-24-15(2)23-17/h6-9,12H,10-11,13H2,1-5H3,(H2,20,21,22). The fraction of sp³-hybridized carbons (Fsp3) is 0.474. The predicted octanol–water partition coefficient (Wildman–Crippen LogP) is 3.45. The molecule has 0 saturated heterocycles. The smallest absolute Gasteiger partial charge is 0.191 e. The number of guanidine groups is 1. The zero-order valence-corrected chi connectivity index (χ0v) is 16.1. The van der Waals surface area contributed by atoms with E-state index in [9.17, 15) is 0 Å². The molecule has 0 amide bonds. The van der Waals surface area contributed by atoms with Crippen LogP contribution in [0.2, 0.25) is 0 Å². The Kier molecular flexibility index (Phi) is 6.37. The number of nitrogens with one attached hydrogen (secondary N) is 2. The normalized spacial score (nSPS) is 12.3. The zero-order valence-electron chi connectivity index (χ0n) is 15.3. The van der Waals surface area contributed by atoms with Crippen molar-refractivity contribution in [2.45, 2.75) is 39.5 Å². The van der Waals surface area contributed by atoms with Crippen LogP contribution >= 0.6 is 11.3 Å². The van der Waals surface area contributed by atoms with Crippen LogP contribution in [-0.2, 0) is 11.8 Å². The summed E-state index contributed by atoms with van der Waals surface area (Å²) in [5.41, 5.74) is 3.80. The van der Waals surface area contributed by atoms with Crippen LogP contribution in [0.1, 0.15) is 35.7 Å². The van der Waals surface area contributed by atoms with E-state index in [0.717, 1.165) is 36.2 Å². The van der Waals surface area contributed by atoms with E-state index in [1.165, 1.54) is 11.1 Å². The average molecular weight is 345 g/mol. The molecule has 1 aromatic heterocycles. The molecule has 5 heteroatoms. The second kappa shape index (κ2) is 8.29. The lowest BCUT2D eigenvalue weighted by molar-refractivity contribution is 0.508. The fourth-order valence-corrected chi connectivity index (χ4v) is 3.11.